The van der Waals surface area contributed by atoms with Crippen LogP contribution in [-0.4, -0.2) is 29.8 Å². The average molecular weight is 313 g/mol. The number of sulfonamides is 1. The van der Waals surface area contributed by atoms with E-state index >= 15 is 0 Å². The molecule has 0 saturated carbocycles. The maximum Gasteiger partial charge on any atom is 0.243 e. The van der Waals surface area contributed by atoms with Gasteiger partial charge in [-0.1, -0.05) is 6.07 Å². The Kier molecular flexibility index (Phi) is 4.71. The smallest absolute Gasteiger partial charge is 0.243 e. The molecular formula is C13H16FN3O3S. The van der Waals surface area contributed by atoms with E-state index in [2.05, 4.69) is 9.82 Å². The molecule has 2 rings (SSSR count). The maximum atomic E-state index is 13.8. The van der Waals surface area contributed by atoms with Crippen LogP contribution >= 0.6 is 0 Å². The van der Waals surface area contributed by atoms with Crippen LogP contribution in [0, 0.1) is 5.82 Å². The van der Waals surface area contributed by atoms with Crippen LogP contribution in [0.1, 0.15) is 11.3 Å². The van der Waals surface area contributed by atoms with Gasteiger partial charge in [-0.05, 0) is 23.8 Å². The average Bonchev–Trinajstić information content (AvgIpc) is 2.83. The predicted octanol–water partition coefficient (Wildman–Crippen LogP) is 0.572. The molecule has 6 nitrogen and oxygen atoms in total. The molecule has 0 aliphatic heterocycles. The number of hydrogen-bond acceptors (Lipinski definition) is 4. The molecule has 8 heteroatoms. The Morgan fingerprint density at radius 3 is 2.71 bits per heavy atom. The molecular weight excluding hydrogens is 297 g/mol. The van der Waals surface area contributed by atoms with Crippen LogP contribution in [0.3, 0.4) is 0 Å². The van der Waals surface area contributed by atoms with E-state index < -0.39 is 20.7 Å². The number of nitrogens with one attached hydrogen (secondary N) is 1. The van der Waals surface area contributed by atoms with Crippen molar-refractivity contribution in [2.45, 2.75) is 17.9 Å². The van der Waals surface area contributed by atoms with Crippen LogP contribution in [0.2, 0.25) is 0 Å². The summed E-state index contributed by atoms with van der Waals surface area (Å²) < 4.78 is 41.8. The van der Waals surface area contributed by atoms with Gasteiger partial charge in [0.05, 0.1) is 6.61 Å². The first kappa shape index (κ1) is 15.6. The van der Waals surface area contributed by atoms with Gasteiger partial charge in [-0.25, -0.2) is 17.5 Å². The minimum absolute atomic E-state index is 0.142. The van der Waals surface area contributed by atoms with Gasteiger partial charge in [0, 0.05) is 31.9 Å². The summed E-state index contributed by atoms with van der Waals surface area (Å²) in [5.41, 5.74) is 1.19. The molecule has 1 aromatic carbocycles. The lowest BCUT2D eigenvalue weighted by Gasteiger charge is -2.08. The lowest BCUT2D eigenvalue weighted by molar-refractivity contribution is 0.281. The number of hydrogen-bond donors (Lipinski definition) is 2. The molecule has 1 aromatic heterocycles. The Hall–Kier alpha value is -1.77. The molecule has 0 atom stereocenters. The summed E-state index contributed by atoms with van der Waals surface area (Å²) in [7, 11) is -2.16. The van der Waals surface area contributed by atoms with Crippen LogP contribution in [-0.2, 0) is 30.1 Å². The Labute approximate surface area is 122 Å². The second kappa shape index (κ2) is 6.33. The Morgan fingerprint density at radius 1 is 1.38 bits per heavy atom. The number of aliphatic hydroxyl groups excluding tert-OH is 1. The largest absolute Gasteiger partial charge is 0.392 e. The summed E-state index contributed by atoms with van der Waals surface area (Å²) in [5.74, 6) is -0.880. The summed E-state index contributed by atoms with van der Waals surface area (Å²) in [6, 6.07) is 5.31. The third kappa shape index (κ3) is 3.66. The van der Waals surface area contributed by atoms with E-state index in [4.69, 9.17) is 5.11 Å². The van der Waals surface area contributed by atoms with E-state index in [1.807, 2.05) is 0 Å². The van der Waals surface area contributed by atoms with E-state index in [-0.39, 0.29) is 13.2 Å². The Balaban J connectivity index is 2.06. The van der Waals surface area contributed by atoms with Gasteiger partial charge in [0.2, 0.25) is 10.0 Å². The van der Waals surface area contributed by atoms with Crippen LogP contribution in [0.25, 0.3) is 0 Å². The summed E-state index contributed by atoms with van der Waals surface area (Å²) in [6.07, 6.45) is 2.07. The zero-order valence-corrected chi connectivity index (χ0v) is 12.3. The lowest BCUT2D eigenvalue weighted by Crippen LogP contribution is -2.27. The SMILES string of the molecule is Cn1nccc1CCNS(=O)(=O)c1ccc(CO)cc1F. The summed E-state index contributed by atoms with van der Waals surface area (Å²) >= 11 is 0. The molecule has 114 valence electrons. The molecule has 0 saturated heterocycles. The molecule has 0 spiro atoms. The summed E-state index contributed by atoms with van der Waals surface area (Å²) in [4.78, 5) is -0.426. The molecule has 1 heterocycles. The minimum Gasteiger partial charge on any atom is -0.392 e. The fourth-order valence-corrected chi connectivity index (χ4v) is 2.99. The first-order valence-electron chi connectivity index (χ1n) is 6.30. The van der Waals surface area contributed by atoms with E-state index in [1.165, 1.54) is 6.07 Å². The molecule has 0 aliphatic carbocycles. The number of aryl methyl sites for hydroxylation is 1. The highest BCUT2D eigenvalue weighted by molar-refractivity contribution is 7.89. The van der Waals surface area contributed by atoms with E-state index in [0.29, 0.717) is 12.0 Å². The van der Waals surface area contributed by atoms with Crippen molar-refractivity contribution < 1.29 is 17.9 Å². The predicted molar refractivity (Wildman–Crippen MR) is 74.4 cm³/mol. The highest BCUT2D eigenvalue weighted by Crippen LogP contribution is 2.16. The van der Waals surface area contributed by atoms with Crippen LogP contribution in [0.5, 0.6) is 0 Å². The number of benzene rings is 1. The number of rotatable bonds is 6. The van der Waals surface area contributed by atoms with E-state index in [0.717, 1.165) is 17.8 Å². The Morgan fingerprint density at radius 2 is 2.14 bits per heavy atom. The van der Waals surface area contributed by atoms with Gasteiger partial charge in [0.1, 0.15) is 10.7 Å². The van der Waals surface area contributed by atoms with Crippen molar-refractivity contribution in [3.05, 3.63) is 47.5 Å². The zero-order chi connectivity index (χ0) is 15.5. The van der Waals surface area contributed by atoms with E-state index in [9.17, 15) is 12.8 Å². The highest BCUT2D eigenvalue weighted by Gasteiger charge is 2.18. The molecule has 21 heavy (non-hydrogen) atoms. The molecule has 2 aromatic rings. The number of nitrogens with zero attached hydrogens (tertiary/aromatic N) is 2. The topological polar surface area (TPSA) is 84.2 Å². The molecule has 0 radical (unpaired) electrons. The fraction of sp³-hybridized carbons (Fsp3) is 0.308. The third-order valence-electron chi connectivity index (χ3n) is 3.06. The monoisotopic (exact) mass is 313 g/mol. The first-order valence-corrected chi connectivity index (χ1v) is 7.78. The Bertz CT molecular complexity index is 728. The molecule has 2 N–H and O–H groups in total. The van der Waals surface area contributed by atoms with Gasteiger partial charge < -0.3 is 5.11 Å². The van der Waals surface area contributed by atoms with Crippen molar-refractivity contribution in [1.29, 1.82) is 0 Å². The summed E-state index contributed by atoms with van der Waals surface area (Å²) in [5, 5.41) is 12.9. The molecule has 0 bridgehead atoms. The number of halogens is 1. The van der Waals surface area contributed by atoms with Gasteiger partial charge >= 0.3 is 0 Å². The van der Waals surface area contributed by atoms with Crippen LogP contribution in [0.15, 0.2) is 35.4 Å². The maximum absolute atomic E-state index is 13.8. The molecule has 0 aliphatic rings. The van der Waals surface area contributed by atoms with Gasteiger partial charge in [0.25, 0.3) is 0 Å². The van der Waals surface area contributed by atoms with Gasteiger partial charge in [-0.3, -0.25) is 4.68 Å². The lowest BCUT2D eigenvalue weighted by atomic mass is 10.2. The van der Waals surface area contributed by atoms with Crippen molar-refractivity contribution in [3.8, 4) is 0 Å². The van der Waals surface area contributed by atoms with Crippen molar-refractivity contribution in [2.75, 3.05) is 6.54 Å². The van der Waals surface area contributed by atoms with Gasteiger partial charge in [-0.2, -0.15) is 5.10 Å². The number of aromatic nitrogens is 2. The van der Waals surface area contributed by atoms with Crippen LogP contribution < -0.4 is 4.72 Å². The third-order valence-corrected chi connectivity index (χ3v) is 4.56. The molecule has 0 fully saturated rings. The van der Waals surface area contributed by atoms with Crippen molar-refractivity contribution >= 4 is 10.0 Å². The zero-order valence-electron chi connectivity index (χ0n) is 11.5. The second-order valence-corrected chi connectivity index (χ2v) is 6.25. The van der Waals surface area contributed by atoms with Gasteiger partial charge in [-0.15, -0.1) is 0 Å². The van der Waals surface area contributed by atoms with Crippen molar-refractivity contribution in [2.24, 2.45) is 7.05 Å². The summed E-state index contributed by atoms with van der Waals surface area (Å²) in [6.45, 7) is -0.200. The second-order valence-electron chi connectivity index (χ2n) is 4.52. The molecule has 0 amide bonds. The van der Waals surface area contributed by atoms with Crippen molar-refractivity contribution in [1.82, 2.24) is 14.5 Å². The fourth-order valence-electron chi connectivity index (χ4n) is 1.90. The first-order chi connectivity index (χ1) is 9.94. The molecule has 0 unspecified atom stereocenters. The highest BCUT2D eigenvalue weighted by atomic mass is 32.2. The van der Waals surface area contributed by atoms with E-state index in [1.54, 1.807) is 24.0 Å². The minimum atomic E-state index is -3.92. The van der Waals surface area contributed by atoms with Crippen molar-refractivity contribution in [3.63, 3.8) is 0 Å². The normalized spacial score (nSPS) is 11.8. The quantitative estimate of drug-likeness (QED) is 0.817. The number of aliphatic hydroxyl groups is 1. The standard InChI is InChI=1S/C13H16FN3O3S/c1-17-11(4-6-15-17)5-7-16-21(19,20)13-3-2-10(9-18)8-12(13)14/h2-4,6,8,16,18H,5,7,9H2,1H3. The van der Waals surface area contributed by atoms with Gasteiger partial charge in [0.15, 0.2) is 0 Å². The van der Waals surface area contributed by atoms with Crippen LogP contribution in [0.4, 0.5) is 4.39 Å².